The number of nitrogens with zero attached hydrogens (tertiary/aromatic N) is 1. The van der Waals surface area contributed by atoms with Crippen LogP contribution >= 0.6 is 24.0 Å². The maximum Gasteiger partial charge on any atom is 0.270 e. The number of ether oxygens (including phenoxy) is 2. The number of para-hydroxylation sites is 1. The molecule has 3 rings (SSSR count). The van der Waals surface area contributed by atoms with Crippen LogP contribution < -0.4 is 14.4 Å². The average Bonchev–Trinajstić information content (AvgIpc) is 2.92. The van der Waals surface area contributed by atoms with Crippen molar-refractivity contribution >= 4 is 46.0 Å². The number of benzene rings is 2. The molecule has 2 aromatic carbocycles. The molecule has 0 N–H and O–H groups in total. The Morgan fingerprint density at radius 2 is 1.73 bits per heavy atom. The van der Waals surface area contributed by atoms with E-state index in [2.05, 4.69) is 0 Å². The lowest BCUT2D eigenvalue weighted by molar-refractivity contribution is -0.113. The van der Waals surface area contributed by atoms with E-state index in [0.717, 1.165) is 22.7 Å². The Morgan fingerprint density at radius 1 is 1.04 bits per heavy atom. The number of carbonyl (C=O) groups excluding carboxylic acids is 1. The van der Waals surface area contributed by atoms with Gasteiger partial charge in [0.1, 0.15) is 11.5 Å². The number of thiocarbonyl (C=S) groups is 1. The van der Waals surface area contributed by atoms with Crippen molar-refractivity contribution in [1.29, 1.82) is 0 Å². The van der Waals surface area contributed by atoms with E-state index in [1.54, 1.807) is 4.90 Å². The molecule has 1 saturated heterocycles. The van der Waals surface area contributed by atoms with Crippen LogP contribution in [0.3, 0.4) is 0 Å². The molecule has 0 bridgehead atoms. The number of hydrogen-bond acceptors (Lipinski definition) is 5. The van der Waals surface area contributed by atoms with E-state index in [1.807, 2.05) is 68.5 Å². The highest BCUT2D eigenvalue weighted by molar-refractivity contribution is 8.27. The lowest BCUT2D eigenvalue weighted by Crippen LogP contribution is -2.27. The summed E-state index contributed by atoms with van der Waals surface area (Å²) in [6, 6.07) is 15.0. The summed E-state index contributed by atoms with van der Waals surface area (Å²) in [5.74, 6) is 1.39. The minimum absolute atomic E-state index is 0.129. The zero-order chi connectivity index (χ0) is 18.5. The number of thioether (sulfide) groups is 1. The second-order valence-electron chi connectivity index (χ2n) is 5.41. The largest absolute Gasteiger partial charge is 0.494 e. The van der Waals surface area contributed by atoms with Gasteiger partial charge in [-0.2, -0.15) is 0 Å². The molecular weight excluding hydrogens is 366 g/mol. The highest BCUT2D eigenvalue weighted by atomic mass is 32.2. The first-order valence-corrected chi connectivity index (χ1v) is 9.59. The molecule has 0 unspecified atom stereocenters. The summed E-state index contributed by atoms with van der Waals surface area (Å²) in [6.45, 7) is 5.03. The topological polar surface area (TPSA) is 38.8 Å². The average molecular weight is 386 g/mol. The molecule has 0 spiro atoms. The molecule has 0 saturated carbocycles. The predicted octanol–water partition coefficient (Wildman–Crippen LogP) is 4.89. The van der Waals surface area contributed by atoms with Crippen LogP contribution in [0.4, 0.5) is 5.69 Å². The third-order valence-corrected chi connectivity index (χ3v) is 5.01. The third-order valence-electron chi connectivity index (χ3n) is 3.71. The fraction of sp³-hybridized carbons (Fsp3) is 0.200. The molecular formula is C20H19NO3S2. The van der Waals surface area contributed by atoms with Gasteiger partial charge < -0.3 is 9.47 Å². The van der Waals surface area contributed by atoms with Gasteiger partial charge in [0.2, 0.25) is 0 Å². The number of hydrogen-bond donors (Lipinski definition) is 0. The van der Waals surface area contributed by atoms with Crippen molar-refractivity contribution in [3.8, 4) is 11.5 Å². The van der Waals surface area contributed by atoms with Gasteiger partial charge in [0.05, 0.1) is 23.8 Å². The Balaban J connectivity index is 1.87. The summed E-state index contributed by atoms with van der Waals surface area (Å²) < 4.78 is 11.6. The molecule has 1 aliphatic rings. The van der Waals surface area contributed by atoms with Gasteiger partial charge >= 0.3 is 0 Å². The van der Waals surface area contributed by atoms with E-state index in [1.165, 1.54) is 11.8 Å². The molecule has 134 valence electrons. The Hall–Kier alpha value is -2.31. The van der Waals surface area contributed by atoms with Crippen LogP contribution in [0.5, 0.6) is 11.5 Å². The van der Waals surface area contributed by atoms with Crippen LogP contribution in [0.2, 0.25) is 0 Å². The smallest absolute Gasteiger partial charge is 0.270 e. The van der Waals surface area contributed by atoms with E-state index in [0.29, 0.717) is 22.4 Å². The molecule has 0 atom stereocenters. The maximum absolute atomic E-state index is 12.9. The summed E-state index contributed by atoms with van der Waals surface area (Å²) in [5.41, 5.74) is 1.60. The Kier molecular flexibility index (Phi) is 5.96. The summed E-state index contributed by atoms with van der Waals surface area (Å²) in [4.78, 5) is 15.0. The van der Waals surface area contributed by atoms with Crippen molar-refractivity contribution in [3.63, 3.8) is 0 Å². The number of amides is 1. The number of rotatable bonds is 6. The van der Waals surface area contributed by atoms with Crippen LogP contribution in [0.1, 0.15) is 19.4 Å². The molecule has 26 heavy (non-hydrogen) atoms. The zero-order valence-electron chi connectivity index (χ0n) is 14.6. The van der Waals surface area contributed by atoms with Crippen LogP contribution in [0.25, 0.3) is 6.08 Å². The summed E-state index contributed by atoms with van der Waals surface area (Å²) >= 11 is 6.72. The first-order chi connectivity index (χ1) is 12.6. The second kappa shape index (κ2) is 8.38. The van der Waals surface area contributed by atoms with Gasteiger partial charge in [0, 0.05) is 5.56 Å². The summed E-state index contributed by atoms with van der Waals surface area (Å²) in [5, 5.41) is 0. The fourth-order valence-corrected chi connectivity index (χ4v) is 3.87. The Morgan fingerprint density at radius 3 is 2.42 bits per heavy atom. The highest BCUT2D eigenvalue weighted by Crippen LogP contribution is 2.37. The monoisotopic (exact) mass is 385 g/mol. The van der Waals surface area contributed by atoms with E-state index in [4.69, 9.17) is 21.7 Å². The van der Waals surface area contributed by atoms with Crippen molar-refractivity contribution in [1.82, 2.24) is 0 Å². The van der Waals surface area contributed by atoms with Gasteiger partial charge in [0.25, 0.3) is 5.91 Å². The van der Waals surface area contributed by atoms with E-state index >= 15 is 0 Å². The predicted molar refractivity (Wildman–Crippen MR) is 111 cm³/mol. The van der Waals surface area contributed by atoms with Crippen molar-refractivity contribution < 1.29 is 14.3 Å². The first-order valence-electron chi connectivity index (χ1n) is 8.36. The fourth-order valence-electron chi connectivity index (χ4n) is 2.58. The Labute approximate surface area is 162 Å². The lowest BCUT2D eigenvalue weighted by atomic mass is 10.2. The lowest BCUT2D eigenvalue weighted by Gasteiger charge is -2.15. The van der Waals surface area contributed by atoms with Crippen molar-refractivity contribution in [2.24, 2.45) is 0 Å². The summed E-state index contributed by atoms with van der Waals surface area (Å²) in [6.07, 6.45) is 1.83. The standard InChI is InChI=1S/C20H19NO3S2/c1-3-23-16-11-9-15(10-12-16)21-19(22)18(26-20(21)25)13-14-7-5-6-8-17(14)24-4-2/h5-13H,3-4H2,1-2H3/b18-13+. The zero-order valence-corrected chi connectivity index (χ0v) is 16.2. The quantitative estimate of drug-likeness (QED) is 0.523. The van der Waals surface area contributed by atoms with Gasteiger partial charge in [-0.1, -0.05) is 42.2 Å². The molecule has 1 fully saturated rings. The SMILES string of the molecule is CCOc1ccc(N2C(=O)/C(=C\c3ccccc3OCC)SC2=S)cc1. The Bertz CT molecular complexity index is 846. The van der Waals surface area contributed by atoms with Crippen LogP contribution in [0, 0.1) is 0 Å². The van der Waals surface area contributed by atoms with E-state index in [-0.39, 0.29) is 5.91 Å². The van der Waals surface area contributed by atoms with Crippen LogP contribution in [0.15, 0.2) is 53.4 Å². The summed E-state index contributed by atoms with van der Waals surface area (Å²) in [7, 11) is 0. The first kappa shape index (κ1) is 18.5. The van der Waals surface area contributed by atoms with Crippen molar-refractivity contribution in [3.05, 3.63) is 59.0 Å². The molecule has 0 aromatic heterocycles. The van der Waals surface area contributed by atoms with Crippen molar-refractivity contribution in [2.45, 2.75) is 13.8 Å². The second-order valence-corrected chi connectivity index (χ2v) is 7.09. The molecule has 1 heterocycles. The maximum atomic E-state index is 12.9. The molecule has 6 heteroatoms. The molecule has 1 amide bonds. The van der Waals surface area contributed by atoms with Crippen LogP contribution in [-0.2, 0) is 4.79 Å². The minimum Gasteiger partial charge on any atom is -0.494 e. The molecule has 1 aliphatic heterocycles. The van der Waals surface area contributed by atoms with Crippen LogP contribution in [-0.4, -0.2) is 23.4 Å². The van der Waals surface area contributed by atoms with Crippen molar-refractivity contribution in [2.75, 3.05) is 18.1 Å². The van der Waals surface area contributed by atoms with Gasteiger partial charge in [-0.3, -0.25) is 9.69 Å². The third kappa shape index (κ3) is 3.92. The van der Waals surface area contributed by atoms with Gasteiger partial charge in [-0.05, 0) is 50.3 Å². The normalized spacial score (nSPS) is 15.6. The van der Waals surface area contributed by atoms with Gasteiger partial charge in [-0.15, -0.1) is 0 Å². The van der Waals surface area contributed by atoms with Gasteiger partial charge in [0.15, 0.2) is 4.32 Å². The molecule has 2 aromatic rings. The molecule has 4 nitrogen and oxygen atoms in total. The highest BCUT2D eigenvalue weighted by Gasteiger charge is 2.33. The molecule has 0 aliphatic carbocycles. The van der Waals surface area contributed by atoms with Gasteiger partial charge in [-0.25, -0.2) is 0 Å². The van der Waals surface area contributed by atoms with E-state index in [9.17, 15) is 4.79 Å². The number of anilines is 1. The number of carbonyl (C=O) groups is 1. The van der Waals surface area contributed by atoms with E-state index < -0.39 is 0 Å². The minimum atomic E-state index is -0.129. The molecule has 0 radical (unpaired) electrons.